The predicted octanol–water partition coefficient (Wildman–Crippen LogP) is 2.84. The number of hydrogen-bond donors (Lipinski definition) is 0. The van der Waals surface area contributed by atoms with Crippen LogP contribution in [0.25, 0.3) is 22.2 Å². The quantitative estimate of drug-likeness (QED) is 0.673. The summed E-state index contributed by atoms with van der Waals surface area (Å²) in [6.45, 7) is 0. The van der Waals surface area contributed by atoms with E-state index in [-0.39, 0.29) is 5.56 Å². The van der Waals surface area contributed by atoms with Gasteiger partial charge in [0.25, 0.3) is 0 Å². The van der Waals surface area contributed by atoms with E-state index >= 15 is 0 Å². The lowest BCUT2D eigenvalue weighted by Gasteiger charge is -2.10. The van der Waals surface area contributed by atoms with Crippen LogP contribution in [0.15, 0.2) is 30.7 Å². The summed E-state index contributed by atoms with van der Waals surface area (Å²) in [5.41, 5.74) is -1.65. The van der Waals surface area contributed by atoms with E-state index < -0.39 is 29.1 Å². The fourth-order valence-corrected chi connectivity index (χ4v) is 2.50. The highest BCUT2D eigenvalue weighted by Gasteiger charge is 2.42. The summed E-state index contributed by atoms with van der Waals surface area (Å²) in [5, 5.41) is 4.35. The number of aryl methyl sites for hydroxylation is 1. The zero-order chi connectivity index (χ0) is 17.5. The predicted molar refractivity (Wildman–Crippen MR) is 78.1 cm³/mol. The molecule has 3 aromatic rings. The molecule has 0 aromatic carbocycles. The largest absolute Gasteiger partial charge is 0.464 e. The van der Waals surface area contributed by atoms with Crippen molar-refractivity contribution in [3.63, 3.8) is 0 Å². The van der Waals surface area contributed by atoms with E-state index in [1.807, 2.05) is 0 Å². The summed E-state index contributed by atoms with van der Waals surface area (Å²) in [7, 11) is 2.26. The second-order valence-corrected chi connectivity index (χ2v) is 4.94. The molecule has 0 radical (unpaired) electrons. The number of carbonyl (C=O) groups excluding carboxylic acids is 1. The van der Waals surface area contributed by atoms with Crippen molar-refractivity contribution >= 4 is 16.9 Å². The summed E-state index contributed by atoms with van der Waals surface area (Å²) >= 11 is 0. The van der Waals surface area contributed by atoms with E-state index in [0.29, 0.717) is 10.9 Å². The molecule has 24 heavy (non-hydrogen) atoms. The Morgan fingerprint density at radius 1 is 1.29 bits per heavy atom. The van der Waals surface area contributed by atoms with Crippen molar-refractivity contribution in [2.24, 2.45) is 7.05 Å². The Morgan fingerprint density at radius 2 is 2.04 bits per heavy atom. The number of nitrogens with zero attached hydrogens (tertiary/aromatic N) is 4. The Hall–Kier alpha value is -2.97. The van der Waals surface area contributed by atoms with Crippen LogP contribution in [-0.4, -0.2) is 32.8 Å². The number of pyridine rings is 2. The number of halogens is 3. The minimum absolute atomic E-state index is 0.138. The van der Waals surface area contributed by atoms with Crippen LogP contribution in [-0.2, 0) is 18.0 Å². The van der Waals surface area contributed by atoms with E-state index in [0.717, 1.165) is 11.8 Å². The number of ether oxygens (including phenoxy) is 1. The molecule has 0 aliphatic heterocycles. The molecule has 6 nitrogen and oxygen atoms in total. The molecule has 3 aromatic heterocycles. The first-order chi connectivity index (χ1) is 11.3. The van der Waals surface area contributed by atoms with Crippen LogP contribution < -0.4 is 0 Å². The molecule has 0 aliphatic rings. The highest BCUT2D eigenvalue weighted by Crippen LogP contribution is 2.40. The number of carbonyl (C=O) groups is 1. The van der Waals surface area contributed by atoms with Gasteiger partial charge in [0, 0.05) is 30.4 Å². The number of aromatic nitrogens is 4. The summed E-state index contributed by atoms with van der Waals surface area (Å²) in [5.74, 6) is -1.12. The van der Waals surface area contributed by atoms with Gasteiger partial charge < -0.3 is 4.74 Å². The van der Waals surface area contributed by atoms with Crippen LogP contribution in [0.5, 0.6) is 0 Å². The molecule has 0 unspecified atom stereocenters. The number of esters is 1. The summed E-state index contributed by atoms with van der Waals surface area (Å²) in [6, 6.07) is 3.22. The van der Waals surface area contributed by atoms with Crippen molar-refractivity contribution in [3.8, 4) is 11.3 Å². The molecule has 3 rings (SSSR count). The van der Waals surface area contributed by atoms with Gasteiger partial charge >= 0.3 is 12.1 Å². The zero-order valence-corrected chi connectivity index (χ0v) is 12.6. The minimum Gasteiger partial charge on any atom is -0.464 e. The summed E-state index contributed by atoms with van der Waals surface area (Å²) in [4.78, 5) is 19.8. The number of fused-ring (bicyclic) bond motifs is 1. The van der Waals surface area contributed by atoms with E-state index in [4.69, 9.17) is 0 Å². The Labute approximate surface area is 133 Å². The Balaban J connectivity index is 2.38. The lowest BCUT2D eigenvalue weighted by Crippen LogP contribution is -2.16. The first-order valence-corrected chi connectivity index (χ1v) is 6.76. The molecule has 0 saturated carbocycles. The van der Waals surface area contributed by atoms with Gasteiger partial charge in [-0.25, -0.2) is 4.79 Å². The van der Waals surface area contributed by atoms with E-state index in [1.54, 1.807) is 12.1 Å². The zero-order valence-electron chi connectivity index (χ0n) is 12.6. The molecule has 3 heterocycles. The van der Waals surface area contributed by atoms with Crippen LogP contribution in [0.2, 0.25) is 0 Å². The third-order valence-electron chi connectivity index (χ3n) is 3.49. The first-order valence-electron chi connectivity index (χ1n) is 6.76. The Bertz CT molecular complexity index is 929. The Morgan fingerprint density at radius 3 is 2.71 bits per heavy atom. The van der Waals surface area contributed by atoms with Crippen molar-refractivity contribution in [2.75, 3.05) is 7.11 Å². The molecule has 9 heteroatoms. The van der Waals surface area contributed by atoms with Gasteiger partial charge in [-0.15, -0.1) is 0 Å². The normalized spacial score (nSPS) is 11.7. The molecule has 0 amide bonds. The second kappa shape index (κ2) is 5.59. The van der Waals surface area contributed by atoms with Crippen LogP contribution in [0.4, 0.5) is 13.2 Å². The van der Waals surface area contributed by atoms with Crippen molar-refractivity contribution in [1.82, 2.24) is 19.7 Å². The van der Waals surface area contributed by atoms with E-state index in [1.165, 1.54) is 25.6 Å². The minimum atomic E-state index is -4.79. The van der Waals surface area contributed by atoms with Gasteiger partial charge in [0.15, 0.2) is 5.69 Å². The highest BCUT2D eigenvalue weighted by atomic mass is 19.4. The molecule has 0 atom stereocenters. The summed E-state index contributed by atoms with van der Waals surface area (Å²) < 4.78 is 46.1. The summed E-state index contributed by atoms with van der Waals surface area (Å²) in [6.07, 6.45) is -0.576. The molecule has 124 valence electrons. The maximum absolute atomic E-state index is 13.6. The highest BCUT2D eigenvalue weighted by molar-refractivity contribution is 5.97. The van der Waals surface area contributed by atoms with Crippen molar-refractivity contribution in [3.05, 3.63) is 42.0 Å². The van der Waals surface area contributed by atoms with E-state index in [9.17, 15) is 18.0 Å². The SMILES string of the molecule is COC(=O)c1c(C(F)(F)F)c(-c2cncc3ncccc23)nn1C. The molecular formula is C15H11F3N4O2. The average molecular weight is 336 g/mol. The molecule has 0 fully saturated rings. The van der Waals surface area contributed by atoms with Crippen molar-refractivity contribution in [2.45, 2.75) is 6.18 Å². The fourth-order valence-electron chi connectivity index (χ4n) is 2.50. The molecule has 0 saturated heterocycles. The van der Waals surface area contributed by atoms with E-state index in [2.05, 4.69) is 19.8 Å². The standard InChI is InChI=1S/C15H11F3N4O2/c1-22-13(14(23)24-2)11(15(16,17)18)12(21-22)9-6-19-7-10-8(9)4-3-5-20-10/h3-7H,1-2H3. The Kier molecular flexibility index (Phi) is 3.70. The second-order valence-electron chi connectivity index (χ2n) is 4.94. The number of alkyl halides is 3. The number of rotatable bonds is 2. The van der Waals surface area contributed by atoms with Crippen LogP contribution in [0.3, 0.4) is 0 Å². The van der Waals surface area contributed by atoms with Gasteiger partial charge in [-0.2, -0.15) is 18.3 Å². The van der Waals surface area contributed by atoms with Gasteiger partial charge in [0.1, 0.15) is 11.3 Å². The van der Waals surface area contributed by atoms with Crippen molar-refractivity contribution in [1.29, 1.82) is 0 Å². The smallest absolute Gasteiger partial charge is 0.420 e. The average Bonchev–Trinajstić information content (AvgIpc) is 2.91. The first kappa shape index (κ1) is 15.9. The molecule has 0 spiro atoms. The van der Waals surface area contributed by atoms with Gasteiger partial charge in [0.05, 0.1) is 18.8 Å². The van der Waals surface area contributed by atoms with Gasteiger partial charge in [-0.3, -0.25) is 14.6 Å². The monoisotopic (exact) mass is 336 g/mol. The van der Waals surface area contributed by atoms with Crippen LogP contribution in [0.1, 0.15) is 16.1 Å². The molecule has 0 aliphatic carbocycles. The number of hydrogen-bond acceptors (Lipinski definition) is 5. The number of methoxy groups -OCH3 is 1. The van der Waals surface area contributed by atoms with Gasteiger partial charge in [-0.1, -0.05) is 6.07 Å². The maximum atomic E-state index is 13.6. The van der Waals surface area contributed by atoms with Gasteiger partial charge in [0.2, 0.25) is 0 Å². The fraction of sp³-hybridized carbons (Fsp3) is 0.200. The van der Waals surface area contributed by atoms with Crippen LogP contribution in [0, 0.1) is 0 Å². The van der Waals surface area contributed by atoms with Crippen LogP contribution >= 0.6 is 0 Å². The third kappa shape index (κ3) is 2.47. The molecule has 0 N–H and O–H groups in total. The topological polar surface area (TPSA) is 69.9 Å². The lowest BCUT2D eigenvalue weighted by atomic mass is 10.0. The third-order valence-corrected chi connectivity index (χ3v) is 3.49. The van der Waals surface area contributed by atoms with Crippen molar-refractivity contribution < 1.29 is 22.7 Å². The molecular weight excluding hydrogens is 325 g/mol. The maximum Gasteiger partial charge on any atom is 0.420 e. The lowest BCUT2D eigenvalue weighted by molar-refractivity contribution is -0.137. The molecule has 0 bridgehead atoms. The van der Waals surface area contributed by atoms with Gasteiger partial charge in [-0.05, 0) is 6.07 Å².